The first kappa shape index (κ1) is 26.3. The molecule has 11 heteroatoms. The van der Waals surface area contributed by atoms with Crippen molar-refractivity contribution in [3.63, 3.8) is 0 Å². The number of ether oxygens (including phenoxy) is 3. The van der Waals surface area contributed by atoms with Crippen LogP contribution in [0.2, 0.25) is 0 Å². The summed E-state index contributed by atoms with van der Waals surface area (Å²) in [5.41, 5.74) is 2.81. The SMILES string of the molecule is CC(C)(C)OC(=O)N1CCN(c2ccc(-c3ccc(OCC4CCn5cc([N+](=O)[O-])nc5O4)cc3)cc2)CC1. The van der Waals surface area contributed by atoms with Gasteiger partial charge in [-0.2, -0.15) is 0 Å². The second-order valence-corrected chi connectivity index (χ2v) is 10.7. The Bertz CT molecular complexity index is 1310. The molecule has 1 amide bonds. The summed E-state index contributed by atoms with van der Waals surface area (Å²) in [5.74, 6) is 0.512. The van der Waals surface area contributed by atoms with E-state index >= 15 is 0 Å². The van der Waals surface area contributed by atoms with Gasteiger partial charge >= 0.3 is 17.9 Å². The molecule has 1 aromatic heterocycles. The smallest absolute Gasteiger partial charge is 0.414 e. The molecule has 2 aliphatic heterocycles. The second kappa shape index (κ2) is 10.8. The van der Waals surface area contributed by atoms with Gasteiger partial charge in [-0.1, -0.05) is 24.3 Å². The molecule has 1 fully saturated rings. The van der Waals surface area contributed by atoms with Crippen LogP contribution in [0, 0.1) is 10.1 Å². The third kappa shape index (κ3) is 6.42. The fraction of sp³-hybridized carbons (Fsp3) is 0.429. The Morgan fingerprint density at radius 3 is 2.28 bits per heavy atom. The van der Waals surface area contributed by atoms with E-state index in [0.29, 0.717) is 32.7 Å². The molecule has 1 atom stereocenters. The zero-order chi connectivity index (χ0) is 27.6. The molecule has 3 aromatic rings. The monoisotopic (exact) mass is 535 g/mol. The molecule has 3 heterocycles. The summed E-state index contributed by atoms with van der Waals surface area (Å²) in [6.07, 6.45) is 1.60. The van der Waals surface area contributed by atoms with E-state index in [1.54, 1.807) is 9.47 Å². The van der Waals surface area contributed by atoms with Gasteiger partial charge in [0.2, 0.25) is 0 Å². The highest BCUT2D eigenvalue weighted by atomic mass is 16.6. The number of fused-ring (bicyclic) bond motifs is 1. The maximum atomic E-state index is 12.3. The van der Waals surface area contributed by atoms with E-state index in [1.807, 2.05) is 45.0 Å². The topological polar surface area (TPSA) is 112 Å². The first-order chi connectivity index (χ1) is 18.6. The number of nitrogens with zero attached hydrogens (tertiary/aromatic N) is 5. The number of nitro groups is 1. The minimum absolute atomic E-state index is 0.212. The van der Waals surface area contributed by atoms with Crippen LogP contribution in [0.25, 0.3) is 11.1 Å². The van der Waals surface area contributed by atoms with Gasteiger partial charge in [-0.15, -0.1) is 0 Å². The van der Waals surface area contributed by atoms with Crippen LogP contribution in [-0.4, -0.2) is 70.0 Å². The van der Waals surface area contributed by atoms with Gasteiger partial charge in [-0.3, -0.25) is 4.57 Å². The van der Waals surface area contributed by atoms with E-state index in [9.17, 15) is 14.9 Å². The Balaban J connectivity index is 1.11. The highest BCUT2D eigenvalue weighted by Gasteiger charge is 2.29. The summed E-state index contributed by atoms with van der Waals surface area (Å²) in [4.78, 5) is 30.7. The van der Waals surface area contributed by atoms with Crippen molar-refractivity contribution in [1.82, 2.24) is 14.5 Å². The van der Waals surface area contributed by atoms with Crippen LogP contribution in [0.3, 0.4) is 0 Å². The maximum Gasteiger partial charge on any atom is 0.414 e. The third-order valence-corrected chi connectivity index (χ3v) is 6.67. The molecule has 1 saturated heterocycles. The Morgan fingerprint density at radius 1 is 1.03 bits per heavy atom. The number of anilines is 1. The van der Waals surface area contributed by atoms with Gasteiger partial charge in [0.1, 0.15) is 30.3 Å². The van der Waals surface area contributed by atoms with Gasteiger partial charge in [-0.25, -0.2) is 4.79 Å². The third-order valence-electron chi connectivity index (χ3n) is 6.67. The summed E-state index contributed by atoms with van der Waals surface area (Å²) >= 11 is 0. The Hall–Kier alpha value is -4.28. The number of rotatable bonds is 6. The zero-order valence-corrected chi connectivity index (χ0v) is 22.4. The number of aryl methyl sites for hydroxylation is 1. The molecule has 0 spiro atoms. The van der Waals surface area contributed by atoms with E-state index < -0.39 is 10.5 Å². The van der Waals surface area contributed by atoms with Crippen LogP contribution in [0.4, 0.5) is 16.3 Å². The number of imidazole rings is 1. The molecule has 1 unspecified atom stereocenters. The van der Waals surface area contributed by atoms with Crippen LogP contribution in [0.1, 0.15) is 27.2 Å². The predicted molar refractivity (Wildman–Crippen MR) is 145 cm³/mol. The molecule has 206 valence electrons. The van der Waals surface area contributed by atoms with Crippen LogP contribution in [0.5, 0.6) is 11.8 Å². The normalized spacial score (nSPS) is 17.3. The highest BCUT2D eigenvalue weighted by Crippen LogP contribution is 2.27. The minimum Gasteiger partial charge on any atom is -0.490 e. The van der Waals surface area contributed by atoms with Gasteiger partial charge < -0.3 is 34.1 Å². The molecule has 11 nitrogen and oxygen atoms in total. The van der Waals surface area contributed by atoms with E-state index in [-0.39, 0.29) is 24.0 Å². The molecule has 0 aliphatic carbocycles. The Morgan fingerprint density at radius 2 is 1.67 bits per heavy atom. The summed E-state index contributed by atoms with van der Waals surface area (Å²) in [7, 11) is 0. The van der Waals surface area contributed by atoms with E-state index in [4.69, 9.17) is 14.2 Å². The van der Waals surface area contributed by atoms with Crippen molar-refractivity contribution < 1.29 is 23.9 Å². The van der Waals surface area contributed by atoms with Crippen molar-refractivity contribution in [2.24, 2.45) is 0 Å². The number of benzene rings is 2. The van der Waals surface area contributed by atoms with Crippen LogP contribution in [0.15, 0.2) is 54.7 Å². The number of aromatic nitrogens is 2. The molecule has 5 rings (SSSR count). The number of carbonyl (C=O) groups excluding carboxylic acids is 1. The second-order valence-electron chi connectivity index (χ2n) is 10.7. The van der Waals surface area contributed by atoms with Gasteiger partial charge in [0.15, 0.2) is 0 Å². The molecule has 0 bridgehead atoms. The average molecular weight is 536 g/mol. The minimum atomic E-state index is -0.523. The summed E-state index contributed by atoms with van der Waals surface area (Å²) in [6, 6.07) is 16.6. The lowest BCUT2D eigenvalue weighted by Crippen LogP contribution is -2.50. The molecule has 39 heavy (non-hydrogen) atoms. The number of hydrogen-bond acceptors (Lipinski definition) is 8. The lowest BCUT2D eigenvalue weighted by Gasteiger charge is -2.36. The quantitative estimate of drug-likeness (QED) is 0.329. The number of hydrogen-bond donors (Lipinski definition) is 0. The molecular weight excluding hydrogens is 502 g/mol. The molecular formula is C28H33N5O6. The van der Waals surface area contributed by atoms with Crippen molar-refractivity contribution in [3.05, 3.63) is 64.8 Å². The molecule has 0 saturated carbocycles. The number of amides is 1. The van der Waals surface area contributed by atoms with Crippen molar-refractivity contribution in [1.29, 1.82) is 0 Å². The molecule has 2 aromatic carbocycles. The lowest BCUT2D eigenvalue weighted by atomic mass is 10.0. The van der Waals surface area contributed by atoms with Gasteiger partial charge in [-0.05, 0) is 61.1 Å². The highest BCUT2D eigenvalue weighted by molar-refractivity contribution is 5.69. The van der Waals surface area contributed by atoms with E-state index in [2.05, 4.69) is 34.1 Å². The number of piperazine rings is 1. The van der Waals surface area contributed by atoms with Gasteiger partial charge in [0.25, 0.3) is 0 Å². The predicted octanol–water partition coefficient (Wildman–Crippen LogP) is 4.75. The zero-order valence-electron chi connectivity index (χ0n) is 22.4. The van der Waals surface area contributed by atoms with Gasteiger partial charge in [0.05, 0.1) is 0 Å². The average Bonchev–Trinajstić information content (AvgIpc) is 3.36. The van der Waals surface area contributed by atoms with Crippen LogP contribution in [-0.2, 0) is 11.3 Å². The standard InChI is InChI=1S/C28H33N5O6/c1-28(2,3)39-27(34)31-16-14-30(15-17-31)22-8-4-20(5-9-22)21-6-10-23(11-7-21)37-19-24-12-13-32-18-25(33(35)36)29-26(32)38-24/h4-11,18,24H,12-17,19H2,1-3H3. The van der Waals surface area contributed by atoms with Gasteiger partial charge in [0, 0.05) is 49.8 Å². The fourth-order valence-corrected chi connectivity index (χ4v) is 4.61. The maximum absolute atomic E-state index is 12.3. The van der Waals surface area contributed by atoms with Crippen molar-refractivity contribution >= 4 is 17.6 Å². The molecule has 2 aliphatic rings. The summed E-state index contributed by atoms with van der Waals surface area (Å²) in [5, 5.41) is 10.9. The lowest BCUT2D eigenvalue weighted by molar-refractivity contribution is -0.389. The Labute approximate surface area is 227 Å². The van der Waals surface area contributed by atoms with Crippen LogP contribution >= 0.6 is 0 Å². The summed E-state index contributed by atoms with van der Waals surface area (Å²) < 4.78 is 18.8. The van der Waals surface area contributed by atoms with E-state index in [0.717, 1.165) is 35.7 Å². The molecule has 0 radical (unpaired) electrons. The van der Waals surface area contributed by atoms with Crippen molar-refractivity contribution in [2.75, 3.05) is 37.7 Å². The Kier molecular flexibility index (Phi) is 7.32. The largest absolute Gasteiger partial charge is 0.490 e. The van der Waals surface area contributed by atoms with Crippen molar-refractivity contribution in [2.45, 2.75) is 45.4 Å². The molecule has 0 N–H and O–H groups in total. The fourth-order valence-electron chi connectivity index (χ4n) is 4.61. The first-order valence-electron chi connectivity index (χ1n) is 13.1. The van der Waals surface area contributed by atoms with E-state index in [1.165, 1.54) is 6.20 Å². The summed E-state index contributed by atoms with van der Waals surface area (Å²) in [6.45, 7) is 9.34. The first-order valence-corrected chi connectivity index (χ1v) is 13.1. The number of carbonyl (C=O) groups is 1. The van der Waals surface area contributed by atoms with Crippen molar-refractivity contribution in [3.8, 4) is 22.9 Å². The van der Waals surface area contributed by atoms with Crippen LogP contribution < -0.4 is 14.4 Å².